The number of hydrogen-bond donors (Lipinski definition) is 2. The van der Waals surface area contributed by atoms with Crippen molar-refractivity contribution in [2.45, 2.75) is 26.9 Å². The van der Waals surface area contributed by atoms with Crippen LogP contribution in [-0.4, -0.2) is 21.7 Å². The monoisotopic (exact) mass is 306 g/mol. The average molecular weight is 306 g/mol. The Morgan fingerprint density at radius 2 is 2.19 bits per heavy atom. The molecule has 0 radical (unpaired) electrons. The van der Waals surface area contributed by atoms with E-state index in [1.54, 1.807) is 18.5 Å². The fourth-order valence-electron chi connectivity index (χ4n) is 1.88. The zero-order valence-electron chi connectivity index (χ0n) is 12.1. The lowest BCUT2D eigenvalue weighted by Gasteiger charge is -2.18. The largest absolute Gasteiger partial charge is 0.489 e. The molecule has 0 unspecified atom stereocenters. The highest BCUT2D eigenvalue weighted by Crippen LogP contribution is 2.30. The number of benzene rings is 1. The Morgan fingerprint density at radius 1 is 1.48 bits per heavy atom. The van der Waals surface area contributed by atoms with E-state index in [0.717, 1.165) is 15.7 Å². The number of hydrogen-bond acceptors (Lipinski definition) is 4. The Kier molecular flexibility index (Phi) is 4.42. The number of primary amides is 1. The van der Waals surface area contributed by atoms with Crippen molar-refractivity contribution >= 4 is 24.5 Å². The fraction of sp³-hybridized carbons (Fsp3) is 0.286. The lowest BCUT2D eigenvalue weighted by molar-refractivity contribution is 0.242. The van der Waals surface area contributed by atoms with Crippen LogP contribution in [-0.2, 0) is 0 Å². The number of aryl methyl sites for hydroxylation is 1. The Morgan fingerprint density at radius 3 is 2.71 bits per heavy atom. The second kappa shape index (κ2) is 6.09. The number of rotatable bonds is 4. The van der Waals surface area contributed by atoms with E-state index >= 15 is 0 Å². The zero-order chi connectivity index (χ0) is 15.6. The van der Waals surface area contributed by atoms with E-state index in [-0.39, 0.29) is 6.10 Å². The Balaban J connectivity index is 2.47. The third kappa shape index (κ3) is 3.49. The molecule has 2 rings (SSSR count). The average Bonchev–Trinajstić information content (AvgIpc) is 2.83. The molecule has 0 atom stereocenters. The van der Waals surface area contributed by atoms with Gasteiger partial charge in [-0.15, -0.1) is 0 Å². The maximum atomic E-state index is 11.2. The Bertz CT molecular complexity index is 654. The van der Waals surface area contributed by atoms with Crippen molar-refractivity contribution in [1.29, 1.82) is 0 Å². The van der Waals surface area contributed by atoms with Gasteiger partial charge in [-0.3, -0.25) is 0 Å². The van der Waals surface area contributed by atoms with Gasteiger partial charge in [0.2, 0.25) is 0 Å². The Hall–Kier alpha value is -2.15. The van der Waals surface area contributed by atoms with Crippen LogP contribution in [0.3, 0.4) is 0 Å². The van der Waals surface area contributed by atoms with E-state index < -0.39 is 6.03 Å². The summed E-state index contributed by atoms with van der Waals surface area (Å²) in [6.07, 6.45) is 3.60. The van der Waals surface area contributed by atoms with Crippen LogP contribution in [0.2, 0.25) is 0 Å². The van der Waals surface area contributed by atoms with Gasteiger partial charge in [0.1, 0.15) is 5.75 Å². The highest BCUT2D eigenvalue weighted by Gasteiger charge is 2.14. The van der Waals surface area contributed by atoms with Crippen molar-refractivity contribution in [3.8, 4) is 11.4 Å². The van der Waals surface area contributed by atoms with E-state index in [1.807, 2.05) is 37.6 Å². The van der Waals surface area contributed by atoms with E-state index in [2.05, 4.69) is 17.8 Å². The summed E-state index contributed by atoms with van der Waals surface area (Å²) in [5, 5.41) is 0. The molecule has 21 heavy (non-hydrogen) atoms. The maximum Gasteiger partial charge on any atom is 0.329 e. The lowest BCUT2D eigenvalue weighted by Crippen LogP contribution is -2.27. The summed E-state index contributed by atoms with van der Waals surface area (Å²) in [6.45, 7) is 5.78. The summed E-state index contributed by atoms with van der Waals surface area (Å²) in [4.78, 5) is 15.4. The third-order valence-electron chi connectivity index (χ3n) is 2.75. The van der Waals surface area contributed by atoms with Crippen molar-refractivity contribution in [1.82, 2.24) is 9.55 Å². The molecule has 2 amide bonds. The first-order valence-corrected chi connectivity index (χ1v) is 6.88. The number of carbonyl (C=O) groups is 1. The lowest BCUT2D eigenvalue weighted by atomic mass is 10.2. The molecule has 2 N–H and O–H groups in total. The fourth-order valence-corrected chi connectivity index (χ4v) is 2.00. The predicted octanol–water partition coefficient (Wildman–Crippen LogP) is 2.70. The number of amides is 2. The molecular weight excluding hydrogens is 288 g/mol. The molecule has 0 aliphatic heterocycles. The molecule has 7 heteroatoms. The van der Waals surface area contributed by atoms with Crippen LogP contribution < -0.4 is 14.8 Å². The maximum absolute atomic E-state index is 11.2. The van der Waals surface area contributed by atoms with Gasteiger partial charge in [-0.2, -0.15) is 0 Å². The molecule has 6 nitrogen and oxygen atoms in total. The SMILES string of the molecule is Cc1cn(-c2ccc(N(S)C(N)=O)cc2OC(C)C)cn1. The summed E-state index contributed by atoms with van der Waals surface area (Å²) < 4.78 is 8.75. The van der Waals surface area contributed by atoms with Gasteiger partial charge in [-0.1, -0.05) is 12.8 Å². The number of imidazole rings is 1. The molecule has 1 heterocycles. The van der Waals surface area contributed by atoms with Gasteiger partial charge in [-0.05, 0) is 32.9 Å². The second-order valence-electron chi connectivity index (χ2n) is 4.89. The molecule has 1 aromatic heterocycles. The summed E-state index contributed by atoms with van der Waals surface area (Å²) in [7, 11) is 0. The quantitative estimate of drug-likeness (QED) is 0.853. The molecule has 112 valence electrons. The van der Waals surface area contributed by atoms with Crippen LogP contribution in [0.25, 0.3) is 5.69 Å². The van der Waals surface area contributed by atoms with Crippen LogP contribution in [0.4, 0.5) is 10.5 Å². The smallest absolute Gasteiger partial charge is 0.329 e. The van der Waals surface area contributed by atoms with Crippen LogP contribution in [0.1, 0.15) is 19.5 Å². The molecule has 1 aromatic carbocycles. The standard InChI is InChI=1S/C14H18N4O2S/c1-9(2)20-13-6-11(18(21)14(15)19)4-5-12(13)17-7-10(3)16-8-17/h4-9,21H,1-3H3,(H2,15,19). The van der Waals surface area contributed by atoms with E-state index in [0.29, 0.717) is 11.4 Å². The van der Waals surface area contributed by atoms with Gasteiger partial charge in [-0.25, -0.2) is 14.1 Å². The number of carbonyl (C=O) groups excluding carboxylic acids is 1. The number of nitrogens with two attached hydrogens (primary N) is 1. The minimum Gasteiger partial charge on any atom is -0.489 e. The highest BCUT2D eigenvalue weighted by molar-refractivity contribution is 7.82. The van der Waals surface area contributed by atoms with E-state index in [4.69, 9.17) is 10.5 Å². The molecule has 0 saturated carbocycles. The molecule has 0 saturated heterocycles. The van der Waals surface area contributed by atoms with Crippen LogP contribution in [0.5, 0.6) is 5.75 Å². The number of thiol groups is 1. The van der Waals surface area contributed by atoms with Crippen molar-refractivity contribution in [2.24, 2.45) is 5.73 Å². The second-order valence-corrected chi connectivity index (χ2v) is 5.29. The summed E-state index contributed by atoms with van der Waals surface area (Å²) in [6, 6.07) is 4.65. The summed E-state index contributed by atoms with van der Waals surface area (Å²) >= 11 is 4.06. The number of urea groups is 1. The number of ether oxygens (including phenoxy) is 1. The molecule has 0 aliphatic rings. The Labute approximate surface area is 129 Å². The van der Waals surface area contributed by atoms with Gasteiger partial charge >= 0.3 is 6.03 Å². The highest BCUT2D eigenvalue weighted by atomic mass is 32.1. The predicted molar refractivity (Wildman–Crippen MR) is 85.1 cm³/mol. The molecule has 0 bridgehead atoms. The third-order valence-corrected chi connectivity index (χ3v) is 3.18. The van der Waals surface area contributed by atoms with Gasteiger partial charge in [0.05, 0.1) is 29.5 Å². The van der Waals surface area contributed by atoms with Crippen LogP contribution in [0.15, 0.2) is 30.7 Å². The van der Waals surface area contributed by atoms with Crippen molar-refractivity contribution < 1.29 is 9.53 Å². The molecule has 0 spiro atoms. The number of anilines is 1. The molecule has 0 aliphatic carbocycles. The zero-order valence-corrected chi connectivity index (χ0v) is 13.0. The van der Waals surface area contributed by atoms with Crippen molar-refractivity contribution in [3.05, 3.63) is 36.4 Å². The molecule has 2 aromatic rings. The normalized spacial score (nSPS) is 10.7. The van der Waals surface area contributed by atoms with E-state index in [9.17, 15) is 4.79 Å². The van der Waals surface area contributed by atoms with Crippen molar-refractivity contribution in [2.75, 3.05) is 4.31 Å². The minimum atomic E-state index is -0.653. The molecule has 0 fully saturated rings. The first-order chi connectivity index (χ1) is 9.88. The summed E-state index contributed by atoms with van der Waals surface area (Å²) in [5.41, 5.74) is 7.51. The van der Waals surface area contributed by atoms with Gasteiger partial charge in [0.15, 0.2) is 0 Å². The van der Waals surface area contributed by atoms with Gasteiger partial charge in [0, 0.05) is 12.3 Å². The number of aromatic nitrogens is 2. The first-order valence-electron chi connectivity index (χ1n) is 6.48. The first kappa shape index (κ1) is 15.2. The van der Waals surface area contributed by atoms with E-state index in [1.165, 1.54) is 0 Å². The van der Waals surface area contributed by atoms with Crippen molar-refractivity contribution in [3.63, 3.8) is 0 Å². The van der Waals surface area contributed by atoms with Gasteiger partial charge in [0.25, 0.3) is 0 Å². The van der Waals surface area contributed by atoms with Crippen LogP contribution >= 0.6 is 12.8 Å². The summed E-state index contributed by atoms with van der Waals surface area (Å²) in [5.74, 6) is 0.625. The minimum absolute atomic E-state index is 0.00874. The number of nitrogens with zero attached hydrogens (tertiary/aromatic N) is 3. The topological polar surface area (TPSA) is 73.4 Å². The molecular formula is C14H18N4O2S. The van der Waals surface area contributed by atoms with Crippen LogP contribution in [0, 0.1) is 6.92 Å². The van der Waals surface area contributed by atoms with Gasteiger partial charge < -0.3 is 15.0 Å².